The lowest BCUT2D eigenvalue weighted by Gasteiger charge is -2.34. The smallest absolute Gasteiger partial charge is 0.113 e. The third-order valence-electron chi connectivity index (χ3n) is 7.51. The van der Waals surface area contributed by atoms with Crippen molar-refractivity contribution in [2.24, 2.45) is 0 Å². The number of thiophene rings is 2. The molecule has 1 fully saturated rings. The van der Waals surface area contributed by atoms with Crippen LogP contribution in [0.5, 0.6) is 0 Å². The average molecular weight is 515 g/mol. The van der Waals surface area contributed by atoms with Gasteiger partial charge >= 0.3 is 0 Å². The topological polar surface area (TPSA) is 51.6 Å². The van der Waals surface area contributed by atoms with E-state index in [-0.39, 0.29) is 5.41 Å². The third kappa shape index (κ3) is 2.62. The van der Waals surface area contributed by atoms with E-state index in [2.05, 4.69) is 66.0 Å². The van der Waals surface area contributed by atoms with Gasteiger partial charge in [0.25, 0.3) is 0 Å². The zero-order chi connectivity index (χ0) is 22.3. The van der Waals surface area contributed by atoms with Crippen LogP contribution in [0.25, 0.3) is 52.7 Å². The van der Waals surface area contributed by atoms with Gasteiger partial charge in [0.15, 0.2) is 0 Å². The molecule has 0 unspecified atom stereocenters. The molecule has 1 spiro atoms. The SMILES string of the molecule is c1cc(-c2cc3c(s2)-c2sc(-c4cccc5nsnc45)cc2C32CCCCC2)c2nsnc2c1. The Morgan fingerprint density at radius 1 is 0.618 bits per heavy atom. The molecule has 0 radical (unpaired) electrons. The van der Waals surface area contributed by atoms with E-state index >= 15 is 0 Å². The van der Waals surface area contributed by atoms with Gasteiger partial charge in [-0.15, -0.1) is 22.7 Å². The number of benzene rings is 2. The largest absolute Gasteiger partial charge is 0.173 e. The molecule has 4 nitrogen and oxygen atoms in total. The molecular weight excluding hydrogens is 497 g/mol. The van der Waals surface area contributed by atoms with Crippen molar-refractivity contribution in [1.82, 2.24) is 17.5 Å². The number of fused-ring (bicyclic) bond motifs is 7. The molecular formula is C26H18N4S4. The summed E-state index contributed by atoms with van der Waals surface area (Å²) in [6, 6.07) is 17.7. The Labute approximate surface area is 212 Å². The number of hydrogen-bond acceptors (Lipinski definition) is 8. The minimum Gasteiger partial charge on any atom is -0.173 e. The summed E-state index contributed by atoms with van der Waals surface area (Å²) in [5.74, 6) is 0. The van der Waals surface area contributed by atoms with Gasteiger partial charge in [-0.25, -0.2) is 0 Å². The third-order valence-corrected chi connectivity index (χ3v) is 11.1. The second kappa shape index (κ2) is 7.24. The second-order valence-corrected chi connectivity index (χ2v) is 12.4. The first-order valence-corrected chi connectivity index (χ1v) is 14.6. The first-order valence-electron chi connectivity index (χ1n) is 11.5. The fraction of sp³-hybridized carbons (Fsp3) is 0.231. The normalized spacial score (nSPS) is 16.5. The molecule has 0 amide bonds. The Balaban J connectivity index is 1.35. The van der Waals surface area contributed by atoms with Gasteiger partial charge < -0.3 is 0 Å². The van der Waals surface area contributed by atoms with Crippen LogP contribution < -0.4 is 0 Å². The second-order valence-electron chi connectivity index (χ2n) is 9.22. The van der Waals surface area contributed by atoms with Crippen LogP contribution in [0.3, 0.4) is 0 Å². The number of rotatable bonds is 2. The van der Waals surface area contributed by atoms with Crippen molar-refractivity contribution in [1.29, 1.82) is 0 Å². The highest BCUT2D eigenvalue weighted by Crippen LogP contribution is 2.62. The maximum Gasteiger partial charge on any atom is 0.113 e. The fourth-order valence-corrected chi connectivity index (χ4v) is 9.77. The molecule has 1 saturated carbocycles. The van der Waals surface area contributed by atoms with Gasteiger partial charge in [-0.05, 0) is 48.2 Å². The molecule has 8 rings (SSSR count). The van der Waals surface area contributed by atoms with Crippen LogP contribution in [0.15, 0.2) is 48.5 Å². The Hall–Kier alpha value is -2.52. The first kappa shape index (κ1) is 19.8. The van der Waals surface area contributed by atoms with Crippen molar-refractivity contribution >= 4 is 68.2 Å². The van der Waals surface area contributed by atoms with E-state index in [1.165, 1.54) is 86.2 Å². The predicted octanol–water partition coefficient (Wildman–Crippen LogP) is 8.38. The summed E-state index contributed by atoms with van der Waals surface area (Å²) in [5.41, 5.74) is 9.72. The fourth-order valence-electron chi connectivity index (χ4n) is 5.94. The standard InChI is InChI=1S/C26H18N4S4/c1-2-10-26(11-3-1)16-12-20(14-6-4-8-18-22(14)29-33-27-18)31-24(16)25-17(26)13-21(32-25)15-7-5-9-19-23(15)30-34-28-19/h4-9,12-13H,1-3,10-11H2. The number of hydrogen-bond donors (Lipinski definition) is 0. The molecule has 4 aromatic heterocycles. The summed E-state index contributed by atoms with van der Waals surface area (Å²) in [7, 11) is 0. The van der Waals surface area contributed by atoms with Crippen molar-refractivity contribution in [3.8, 4) is 30.6 Å². The quantitative estimate of drug-likeness (QED) is 0.233. The van der Waals surface area contributed by atoms with Gasteiger partial charge in [0.05, 0.1) is 23.5 Å². The molecule has 2 aromatic carbocycles. The lowest BCUT2D eigenvalue weighted by atomic mass is 9.68. The molecule has 6 aromatic rings. The van der Waals surface area contributed by atoms with Crippen LogP contribution in [0.1, 0.15) is 43.2 Å². The van der Waals surface area contributed by atoms with E-state index in [1.807, 2.05) is 22.7 Å². The van der Waals surface area contributed by atoms with Crippen LogP contribution in [-0.4, -0.2) is 17.5 Å². The van der Waals surface area contributed by atoms with Crippen molar-refractivity contribution in [3.63, 3.8) is 0 Å². The molecule has 4 heterocycles. The van der Waals surface area contributed by atoms with Crippen molar-refractivity contribution in [2.75, 3.05) is 0 Å². The summed E-state index contributed by atoms with van der Waals surface area (Å²) in [5, 5.41) is 0. The maximum atomic E-state index is 4.62. The molecule has 0 N–H and O–H groups in total. The van der Waals surface area contributed by atoms with E-state index in [9.17, 15) is 0 Å². The Bertz CT molecular complexity index is 1590. The van der Waals surface area contributed by atoms with Crippen LogP contribution in [0, 0.1) is 0 Å². The van der Waals surface area contributed by atoms with Gasteiger partial charge in [0.2, 0.25) is 0 Å². The number of aromatic nitrogens is 4. The minimum atomic E-state index is 0.148. The molecule has 2 aliphatic rings. The molecule has 0 atom stereocenters. The van der Waals surface area contributed by atoms with Crippen LogP contribution in [0.2, 0.25) is 0 Å². The summed E-state index contributed by atoms with van der Waals surface area (Å²) in [6.45, 7) is 0. The Morgan fingerprint density at radius 3 is 1.68 bits per heavy atom. The van der Waals surface area contributed by atoms with Gasteiger partial charge in [-0.3, -0.25) is 0 Å². The van der Waals surface area contributed by atoms with E-state index in [0.717, 1.165) is 22.1 Å². The summed E-state index contributed by atoms with van der Waals surface area (Å²) in [4.78, 5) is 5.57. The Morgan fingerprint density at radius 2 is 1.15 bits per heavy atom. The molecule has 166 valence electrons. The van der Waals surface area contributed by atoms with Crippen molar-refractivity contribution in [3.05, 3.63) is 59.7 Å². The van der Waals surface area contributed by atoms with Crippen molar-refractivity contribution in [2.45, 2.75) is 37.5 Å². The Kier molecular flexibility index (Phi) is 4.21. The first-order chi connectivity index (χ1) is 16.8. The van der Waals surface area contributed by atoms with Gasteiger partial charge in [0.1, 0.15) is 22.1 Å². The maximum absolute atomic E-state index is 4.62. The molecule has 2 aliphatic carbocycles. The molecule has 34 heavy (non-hydrogen) atoms. The zero-order valence-corrected chi connectivity index (χ0v) is 21.3. The predicted molar refractivity (Wildman–Crippen MR) is 144 cm³/mol. The summed E-state index contributed by atoms with van der Waals surface area (Å²) in [6.07, 6.45) is 6.42. The zero-order valence-electron chi connectivity index (χ0n) is 18.1. The van der Waals surface area contributed by atoms with Crippen LogP contribution in [0.4, 0.5) is 0 Å². The molecule has 0 bridgehead atoms. The summed E-state index contributed by atoms with van der Waals surface area (Å²) >= 11 is 6.48. The minimum absolute atomic E-state index is 0.148. The monoisotopic (exact) mass is 514 g/mol. The lowest BCUT2D eigenvalue weighted by Crippen LogP contribution is -2.27. The van der Waals surface area contributed by atoms with Crippen molar-refractivity contribution < 1.29 is 0 Å². The highest BCUT2D eigenvalue weighted by atomic mass is 32.1. The van der Waals surface area contributed by atoms with Gasteiger partial charge in [-0.2, -0.15) is 17.5 Å². The van der Waals surface area contributed by atoms with Crippen LogP contribution >= 0.6 is 46.1 Å². The highest BCUT2D eigenvalue weighted by Gasteiger charge is 2.46. The highest BCUT2D eigenvalue weighted by molar-refractivity contribution is 7.26. The lowest BCUT2D eigenvalue weighted by molar-refractivity contribution is 0.354. The molecule has 0 saturated heterocycles. The van der Waals surface area contributed by atoms with E-state index in [1.54, 1.807) is 11.1 Å². The molecule has 8 heteroatoms. The van der Waals surface area contributed by atoms with Crippen LogP contribution in [-0.2, 0) is 5.41 Å². The van der Waals surface area contributed by atoms with Gasteiger partial charge in [-0.1, -0.05) is 43.5 Å². The van der Waals surface area contributed by atoms with E-state index in [0.29, 0.717) is 0 Å². The van der Waals surface area contributed by atoms with Gasteiger partial charge in [0, 0.05) is 36.1 Å². The average Bonchev–Trinajstić information content (AvgIpc) is 3.68. The van der Waals surface area contributed by atoms with E-state index < -0.39 is 0 Å². The number of nitrogens with zero attached hydrogens (tertiary/aromatic N) is 4. The molecule has 0 aliphatic heterocycles. The summed E-state index contributed by atoms with van der Waals surface area (Å²) < 4.78 is 18.2. The van der Waals surface area contributed by atoms with E-state index in [4.69, 9.17) is 0 Å².